The summed E-state index contributed by atoms with van der Waals surface area (Å²) in [6.45, 7) is 0. The third kappa shape index (κ3) is 0.429. The summed E-state index contributed by atoms with van der Waals surface area (Å²) in [6, 6.07) is 0. The second-order valence-corrected chi connectivity index (χ2v) is 4.96. The minimum absolute atomic E-state index is 0.831. The highest BCUT2D eigenvalue weighted by Gasteiger charge is 2.51. The number of hydrogen-bond acceptors (Lipinski definition) is 0. The van der Waals surface area contributed by atoms with Crippen LogP contribution in [0.15, 0.2) is 0 Å². The summed E-state index contributed by atoms with van der Waals surface area (Å²) in [5.74, 6) is 1.15. The first-order valence-electron chi connectivity index (χ1n) is 3.00. The molecule has 0 saturated heterocycles. The fraction of sp³-hybridized carbons (Fsp3) is 1.00. The van der Waals surface area contributed by atoms with E-state index >= 15 is 0 Å². The molecule has 0 spiro atoms. The summed E-state index contributed by atoms with van der Waals surface area (Å²) >= 11 is 2.64. The molecule has 0 bridgehead atoms. The Bertz CT molecular complexity index is 90.4. The van der Waals surface area contributed by atoms with Crippen LogP contribution in [0.25, 0.3) is 0 Å². The predicted molar refractivity (Wildman–Crippen MR) is 38.7 cm³/mol. The normalized spacial score (nSPS) is 57.0. The van der Waals surface area contributed by atoms with Gasteiger partial charge in [-0.2, -0.15) is 0 Å². The Hall–Kier alpha value is 0.730. The van der Waals surface area contributed by atoms with Gasteiger partial charge < -0.3 is 0 Å². The van der Waals surface area contributed by atoms with Gasteiger partial charge in [0, 0.05) is 3.42 Å². The van der Waals surface area contributed by atoms with Crippen molar-refractivity contribution in [2.24, 2.45) is 5.92 Å². The second kappa shape index (κ2) is 1.17. The molecule has 1 heteroatoms. The molecule has 0 nitrogen and oxygen atoms in total. The van der Waals surface area contributed by atoms with E-state index in [0.29, 0.717) is 0 Å². The average molecular weight is 208 g/mol. The molecule has 0 unspecified atom stereocenters. The van der Waals surface area contributed by atoms with Gasteiger partial charge in [0.2, 0.25) is 0 Å². The zero-order valence-electron chi connectivity index (χ0n) is 4.28. The lowest BCUT2D eigenvalue weighted by Crippen LogP contribution is -2.49. The summed E-state index contributed by atoms with van der Waals surface area (Å²) in [4.78, 5) is 0. The molecule has 0 heterocycles. The van der Waals surface area contributed by atoms with Crippen LogP contribution >= 0.6 is 22.6 Å². The van der Waals surface area contributed by atoms with E-state index in [2.05, 4.69) is 22.6 Å². The lowest BCUT2D eigenvalue weighted by molar-refractivity contribution is 0.109. The first-order valence-corrected chi connectivity index (χ1v) is 4.08. The molecule has 0 aliphatic heterocycles. The van der Waals surface area contributed by atoms with Crippen LogP contribution in [0.1, 0.15) is 25.7 Å². The van der Waals surface area contributed by atoms with Gasteiger partial charge in [-0.25, -0.2) is 0 Å². The van der Waals surface area contributed by atoms with Crippen LogP contribution in [0.5, 0.6) is 0 Å². The van der Waals surface area contributed by atoms with E-state index in [1.54, 1.807) is 0 Å². The number of rotatable bonds is 0. The van der Waals surface area contributed by atoms with Crippen LogP contribution in [0.2, 0.25) is 0 Å². The largest absolute Gasteiger partial charge is 0.0786 e. The molecule has 2 saturated carbocycles. The fourth-order valence-corrected chi connectivity index (χ4v) is 2.84. The van der Waals surface area contributed by atoms with Crippen molar-refractivity contribution in [3.8, 4) is 0 Å². The molecule has 0 radical (unpaired) electrons. The number of alkyl halides is 1. The predicted octanol–water partition coefficient (Wildman–Crippen LogP) is 2.36. The van der Waals surface area contributed by atoms with Crippen molar-refractivity contribution in [1.29, 1.82) is 0 Å². The van der Waals surface area contributed by atoms with Gasteiger partial charge in [-0.1, -0.05) is 22.6 Å². The Balaban J connectivity index is 2.12. The Labute approximate surface area is 57.8 Å². The summed E-state index contributed by atoms with van der Waals surface area (Å²) in [6.07, 6.45) is 6.09. The standard InChI is InChI=1S/C6H9I/c7-6-3-1-5(6)2-4-6/h5H,1-4H2. The third-order valence-electron chi connectivity index (χ3n) is 2.55. The number of halogens is 1. The van der Waals surface area contributed by atoms with Crippen LogP contribution in [-0.4, -0.2) is 3.42 Å². The molecule has 0 aromatic carbocycles. The van der Waals surface area contributed by atoms with Gasteiger partial charge in [0.05, 0.1) is 0 Å². The molecule has 2 fully saturated rings. The van der Waals surface area contributed by atoms with Gasteiger partial charge in [-0.15, -0.1) is 0 Å². The van der Waals surface area contributed by atoms with Crippen LogP contribution in [0, 0.1) is 5.92 Å². The van der Waals surface area contributed by atoms with Crippen molar-refractivity contribution >= 4 is 22.6 Å². The molecule has 40 valence electrons. The quantitative estimate of drug-likeness (QED) is 0.423. The zero-order chi connectivity index (χ0) is 4.91. The summed E-state index contributed by atoms with van der Waals surface area (Å²) in [7, 11) is 0. The van der Waals surface area contributed by atoms with Crippen molar-refractivity contribution in [2.75, 3.05) is 0 Å². The highest BCUT2D eigenvalue weighted by molar-refractivity contribution is 14.1. The lowest BCUT2D eigenvalue weighted by atomic mass is 9.60. The molecular weight excluding hydrogens is 199 g/mol. The maximum Gasteiger partial charge on any atom is 0.0250 e. The molecule has 0 N–H and O–H groups in total. The van der Waals surface area contributed by atoms with Crippen LogP contribution in [0.3, 0.4) is 0 Å². The lowest BCUT2D eigenvalue weighted by Gasteiger charge is -2.54. The van der Waals surface area contributed by atoms with Gasteiger partial charge in [0.15, 0.2) is 0 Å². The number of hydrogen-bond donors (Lipinski definition) is 0. The summed E-state index contributed by atoms with van der Waals surface area (Å²) < 4.78 is 0.831. The minimum atomic E-state index is 0.831. The Morgan fingerprint density at radius 2 is 1.71 bits per heavy atom. The molecule has 2 aliphatic rings. The second-order valence-electron chi connectivity index (χ2n) is 2.81. The summed E-state index contributed by atoms with van der Waals surface area (Å²) in [5, 5.41) is 0. The van der Waals surface area contributed by atoms with Gasteiger partial charge in [-0.05, 0) is 31.6 Å². The fourth-order valence-electron chi connectivity index (χ4n) is 1.59. The van der Waals surface area contributed by atoms with Gasteiger partial charge in [0.25, 0.3) is 0 Å². The highest BCUT2D eigenvalue weighted by atomic mass is 127. The van der Waals surface area contributed by atoms with E-state index in [4.69, 9.17) is 0 Å². The maximum atomic E-state index is 2.64. The molecule has 2 rings (SSSR count). The average Bonchev–Trinajstić information content (AvgIpc) is 1.67. The van der Waals surface area contributed by atoms with E-state index in [1.807, 2.05) is 0 Å². The molecule has 0 aromatic heterocycles. The van der Waals surface area contributed by atoms with E-state index in [0.717, 1.165) is 9.34 Å². The SMILES string of the molecule is IC12CCC1CC2. The highest BCUT2D eigenvalue weighted by Crippen LogP contribution is 2.59. The van der Waals surface area contributed by atoms with Crippen LogP contribution in [0.4, 0.5) is 0 Å². The van der Waals surface area contributed by atoms with Gasteiger partial charge in [0.1, 0.15) is 0 Å². The Kier molecular flexibility index (Phi) is 0.769. The van der Waals surface area contributed by atoms with E-state index in [9.17, 15) is 0 Å². The molecule has 2 aliphatic carbocycles. The van der Waals surface area contributed by atoms with Crippen molar-refractivity contribution in [1.82, 2.24) is 0 Å². The van der Waals surface area contributed by atoms with Crippen molar-refractivity contribution in [3.63, 3.8) is 0 Å². The monoisotopic (exact) mass is 208 g/mol. The van der Waals surface area contributed by atoms with Gasteiger partial charge in [-0.3, -0.25) is 0 Å². The van der Waals surface area contributed by atoms with Crippen molar-refractivity contribution < 1.29 is 0 Å². The topological polar surface area (TPSA) is 0 Å². The van der Waals surface area contributed by atoms with E-state index < -0.39 is 0 Å². The molecule has 0 aromatic rings. The van der Waals surface area contributed by atoms with E-state index in [-0.39, 0.29) is 0 Å². The molecule has 0 amide bonds. The zero-order valence-corrected chi connectivity index (χ0v) is 6.44. The molecular formula is C6H9I. The first-order chi connectivity index (χ1) is 3.31. The first kappa shape index (κ1) is 4.59. The molecule has 7 heavy (non-hydrogen) atoms. The van der Waals surface area contributed by atoms with Crippen LogP contribution in [-0.2, 0) is 0 Å². The Morgan fingerprint density at radius 1 is 1.29 bits per heavy atom. The third-order valence-corrected chi connectivity index (χ3v) is 4.51. The van der Waals surface area contributed by atoms with E-state index in [1.165, 1.54) is 25.7 Å². The maximum absolute atomic E-state index is 2.64. The van der Waals surface area contributed by atoms with Crippen molar-refractivity contribution in [2.45, 2.75) is 29.1 Å². The smallest absolute Gasteiger partial charge is 0.0250 e. The Morgan fingerprint density at radius 3 is 1.71 bits per heavy atom. The number of fused-ring (bicyclic) bond motifs is 1. The van der Waals surface area contributed by atoms with Crippen molar-refractivity contribution in [3.05, 3.63) is 0 Å². The molecule has 0 atom stereocenters. The minimum Gasteiger partial charge on any atom is -0.0786 e. The van der Waals surface area contributed by atoms with Crippen LogP contribution < -0.4 is 0 Å². The summed E-state index contributed by atoms with van der Waals surface area (Å²) in [5.41, 5.74) is 0. The van der Waals surface area contributed by atoms with Gasteiger partial charge >= 0.3 is 0 Å².